The van der Waals surface area contributed by atoms with Gasteiger partial charge in [-0.05, 0) is 17.7 Å². The minimum atomic E-state index is 0.537. The zero-order valence-electron chi connectivity index (χ0n) is 5.87. The molecule has 0 aromatic carbocycles. The van der Waals surface area contributed by atoms with Crippen molar-refractivity contribution in [1.29, 1.82) is 0 Å². The SMILES string of the molecule is COCc1ccnc(N)c1. The second-order valence-corrected chi connectivity index (χ2v) is 2.02. The minimum Gasteiger partial charge on any atom is -0.384 e. The Hall–Kier alpha value is -1.09. The Morgan fingerprint density at radius 2 is 2.50 bits per heavy atom. The molecule has 0 saturated heterocycles. The normalized spacial score (nSPS) is 9.70. The van der Waals surface area contributed by atoms with Gasteiger partial charge < -0.3 is 10.5 Å². The van der Waals surface area contributed by atoms with Crippen molar-refractivity contribution in [1.82, 2.24) is 4.98 Å². The lowest BCUT2D eigenvalue weighted by atomic mass is 10.3. The van der Waals surface area contributed by atoms with E-state index in [9.17, 15) is 0 Å². The zero-order valence-corrected chi connectivity index (χ0v) is 5.87. The molecule has 3 nitrogen and oxygen atoms in total. The van der Waals surface area contributed by atoms with E-state index in [1.807, 2.05) is 6.07 Å². The van der Waals surface area contributed by atoms with Crippen molar-refractivity contribution < 1.29 is 4.74 Å². The molecular weight excluding hydrogens is 128 g/mol. The number of ether oxygens (including phenoxy) is 1. The molecule has 1 aromatic rings. The van der Waals surface area contributed by atoms with Crippen LogP contribution in [0, 0.1) is 0 Å². The molecule has 3 heteroatoms. The van der Waals surface area contributed by atoms with Crippen LogP contribution in [0.2, 0.25) is 0 Å². The molecule has 0 aliphatic carbocycles. The molecule has 0 fully saturated rings. The Bertz CT molecular complexity index is 213. The van der Waals surface area contributed by atoms with Gasteiger partial charge in [0.05, 0.1) is 6.61 Å². The number of hydrogen-bond acceptors (Lipinski definition) is 3. The number of nitrogen functional groups attached to an aromatic ring is 1. The van der Waals surface area contributed by atoms with E-state index in [4.69, 9.17) is 10.5 Å². The first-order valence-electron chi connectivity index (χ1n) is 3.02. The molecule has 10 heavy (non-hydrogen) atoms. The van der Waals surface area contributed by atoms with Crippen LogP contribution in [0.1, 0.15) is 5.56 Å². The fourth-order valence-electron chi connectivity index (χ4n) is 0.751. The van der Waals surface area contributed by atoms with Gasteiger partial charge in [-0.15, -0.1) is 0 Å². The van der Waals surface area contributed by atoms with E-state index in [0.717, 1.165) is 5.56 Å². The number of hydrogen-bond donors (Lipinski definition) is 1. The number of rotatable bonds is 2. The van der Waals surface area contributed by atoms with Gasteiger partial charge in [0.15, 0.2) is 0 Å². The Labute approximate surface area is 59.8 Å². The van der Waals surface area contributed by atoms with Gasteiger partial charge in [0.2, 0.25) is 0 Å². The summed E-state index contributed by atoms with van der Waals surface area (Å²) in [5.41, 5.74) is 6.47. The van der Waals surface area contributed by atoms with Crippen molar-refractivity contribution in [2.45, 2.75) is 6.61 Å². The summed E-state index contributed by atoms with van der Waals surface area (Å²) in [6.45, 7) is 0.590. The predicted octanol–water partition coefficient (Wildman–Crippen LogP) is 0.810. The molecule has 0 unspecified atom stereocenters. The smallest absolute Gasteiger partial charge is 0.123 e. The van der Waals surface area contributed by atoms with E-state index in [1.54, 1.807) is 19.4 Å². The topological polar surface area (TPSA) is 48.1 Å². The summed E-state index contributed by atoms with van der Waals surface area (Å²) >= 11 is 0. The molecule has 0 aliphatic heterocycles. The molecular formula is C7H10N2O. The summed E-state index contributed by atoms with van der Waals surface area (Å²) in [6.07, 6.45) is 1.67. The summed E-state index contributed by atoms with van der Waals surface area (Å²) in [4.78, 5) is 3.84. The van der Waals surface area contributed by atoms with Crippen molar-refractivity contribution in [2.75, 3.05) is 12.8 Å². The lowest BCUT2D eigenvalue weighted by molar-refractivity contribution is 0.185. The summed E-state index contributed by atoms with van der Waals surface area (Å²) in [5.74, 6) is 0.537. The molecule has 0 atom stereocenters. The van der Waals surface area contributed by atoms with Crippen LogP contribution in [0.25, 0.3) is 0 Å². The number of pyridine rings is 1. The van der Waals surface area contributed by atoms with E-state index in [-0.39, 0.29) is 0 Å². The average molecular weight is 138 g/mol. The van der Waals surface area contributed by atoms with E-state index < -0.39 is 0 Å². The summed E-state index contributed by atoms with van der Waals surface area (Å²) in [7, 11) is 1.65. The standard InChI is InChI=1S/C7H10N2O/c1-10-5-6-2-3-9-7(8)4-6/h2-4H,5H2,1H3,(H2,8,9). The van der Waals surface area contributed by atoms with Crippen LogP contribution in [-0.2, 0) is 11.3 Å². The molecule has 1 aromatic heterocycles. The van der Waals surface area contributed by atoms with Crippen molar-refractivity contribution in [3.63, 3.8) is 0 Å². The Kier molecular flexibility index (Phi) is 2.23. The molecule has 0 radical (unpaired) electrons. The third kappa shape index (κ3) is 1.70. The second-order valence-electron chi connectivity index (χ2n) is 2.02. The molecule has 54 valence electrons. The van der Waals surface area contributed by atoms with E-state index in [1.165, 1.54) is 0 Å². The fourth-order valence-corrected chi connectivity index (χ4v) is 0.751. The maximum absolute atomic E-state index is 5.42. The largest absolute Gasteiger partial charge is 0.384 e. The molecule has 0 saturated carbocycles. The van der Waals surface area contributed by atoms with E-state index in [0.29, 0.717) is 12.4 Å². The second kappa shape index (κ2) is 3.17. The van der Waals surface area contributed by atoms with Crippen LogP contribution in [-0.4, -0.2) is 12.1 Å². The minimum absolute atomic E-state index is 0.537. The van der Waals surface area contributed by atoms with E-state index in [2.05, 4.69) is 4.98 Å². The maximum Gasteiger partial charge on any atom is 0.123 e. The van der Waals surface area contributed by atoms with Gasteiger partial charge in [-0.2, -0.15) is 0 Å². The van der Waals surface area contributed by atoms with Crippen molar-refractivity contribution in [3.8, 4) is 0 Å². The predicted molar refractivity (Wildman–Crippen MR) is 39.4 cm³/mol. The van der Waals surface area contributed by atoms with Gasteiger partial charge in [0, 0.05) is 13.3 Å². The first-order valence-corrected chi connectivity index (χ1v) is 3.02. The molecule has 0 bridgehead atoms. The number of methoxy groups -OCH3 is 1. The average Bonchev–Trinajstić information content (AvgIpc) is 1.88. The Morgan fingerprint density at radius 3 is 3.10 bits per heavy atom. The van der Waals surface area contributed by atoms with Crippen LogP contribution < -0.4 is 5.73 Å². The van der Waals surface area contributed by atoms with Gasteiger partial charge in [0.25, 0.3) is 0 Å². The molecule has 1 rings (SSSR count). The summed E-state index contributed by atoms with van der Waals surface area (Å²) in [5, 5.41) is 0. The van der Waals surface area contributed by atoms with Crippen LogP contribution in [0.15, 0.2) is 18.3 Å². The number of aromatic nitrogens is 1. The van der Waals surface area contributed by atoms with Crippen LogP contribution >= 0.6 is 0 Å². The van der Waals surface area contributed by atoms with Gasteiger partial charge in [0.1, 0.15) is 5.82 Å². The summed E-state index contributed by atoms with van der Waals surface area (Å²) < 4.78 is 4.90. The molecule has 1 heterocycles. The maximum atomic E-state index is 5.42. The lowest BCUT2D eigenvalue weighted by Crippen LogP contribution is -1.92. The van der Waals surface area contributed by atoms with Gasteiger partial charge in [-0.1, -0.05) is 0 Å². The van der Waals surface area contributed by atoms with Gasteiger partial charge in [-0.3, -0.25) is 0 Å². The first-order chi connectivity index (χ1) is 4.83. The molecule has 2 N–H and O–H groups in total. The summed E-state index contributed by atoms with van der Waals surface area (Å²) in [6, 6.07) is 3.67. The van der Waals surface area contributed by atoms with Crippen molar-refractivity contribution >= 4 is 5.82 Å². The van der Waals surface area contributed by atoms with Crippen LogP contribution in [0.5, 0.6) is 0 Å². The highest BCUT2D eigenvalue weighted by atomic mass is 16.5. The monoisotopic (exact) mass is 138 g/mol. The lowest BCUT2D eigenvalue weighted by Gasteiger charge is -1.98. The third-order valence-corrected chi connectivity index (χ3v) is 1.16. The van der Waals surface area contributed by atoms with Crippen LogP contribution in [0.4, 0.5) is 5.82 Å². The quantitative estimate of drug-likeness (QED) is 0.657. The molecule has 0 aliphatic rings. The third-order valence-electron chi connectivity index (χ3n) is 1.16. The van der Waals surface area contributed by atoms with Gasteiger partial charge >= 0.3 is 0 Å². The Morgan fingerprint density at radius 1 is 1.70 bits per heavy atom. The van der Waals surface area contributed by atoms with Crippen molar-refractivity contribution in [2.24, 2.45) is 0 Å². The fraction of sp³-hybridized carbons (Fsp3) is 0.286. The zero-order chi connectivity index (χ0) is 7.40. The number of nitrogens with zero attached hydrogens (tertiary/aromatic N) is 1. The van der Waals surface area contributed by atoms with Crippen molar-refractivity contribution in [3.05, 3.63) is 23.9 Å². The first kappa shape index (κ1) is 7.02. The number of anilines is 1. The molecule has 0 amide bonds. The van der Waals surface area contributed by atoms with Crippen LogP contribution in [0.3, 0.4) is 0 Å². The highest BCUT2D eigenvalue weighted by molar-refractivity contribution is 5.31. The Balaban J connectivity index is 2.75. The number of nitrogens with two attached hydrogens (primary N) is 1. The van der Waals surface area contributed by atoms with Gasteiger partial charge in [-0.25, -0.2) is 4.98 Å². The highest BCUT2D eigenvalue weighted by Gasteiger charge is 1.90. The highest BCUT2D eigenvalue weighted by Crippen LogP contribution is 2.02. The van der Waals surface area contributed by atoms with E-state index >= 15 is 0 Å². The molecule has 0 spiro atoms.